The fourth-order valence-corrected chi connectivity index (χ4v) is 2.78. The molecule has 23 heavy (non-hydrogen) atoms. The van der Waals surface area contributed by atoms with E-state index >= 15 is 0 Å². The number of nitrogens with zero attached hydrogens (tertiary/aromatic N) is 3. The first-order valence-electron chi connectivity index (χ1n) is 8.03. The SMILES string of the molecule is CCC(CC)NC(=O)N1CCC(n2ccc(C(F)(F)F)n2)CC1. The van der Waals surface area contributed by atoms with Crippen LogP contribution >= 0.6 is 0 Å². The van der Waals surface area contributed by atoms with Gasteiger partial charge >= 0.3 is 12.2 Å². The molecular formula is C15H23F3N4O. The van der Waals surface area contributed by atoms with Gasteiger partial charge in [-0.15, -0.1) is 0 Å². The Morgan fingerprint density at radius 2 is 1.96 bits per heavy atom. The Balaban J connectivity index is 1.88. The number of urea groups is 1. The Morgan fingerprint density at radius 1 is 1.35 bits per heavy atom. The smallest absolute Gasteiger partial charge is 0.335 e. The average Bonchev–Trinajstić information content (AvgIpc) is 3.02. The molecule has 1 aliphatic rings. The molecule has 1 aromatic heterocycles. The molecule has 1 saturated heterocycles. The van der Waals surface area contributed by atoms with Gasteiger partial charge < -0.3 is 10.2 Å². The minimum atomic E-state index is -4.42. The van der Waals surface area contributed by atoms with Crippen LogP contribution in [0.5, 0.6) is 0 Å². The van der Waals surface area contributed by atoms with Crippen LogP contribution in [0.15, 0.2) is 12.3 Å². The van der Waals surface area contributed by atoms with Crippen molar-refractivity contribution in [2.24, 2.45) is 0 Å². The molecule has 0 radical (unpaired) electrons. The van der Waals surface area contributed by atoms with Crippen molar-refractivity contribution in [2.45, 2.75) is 57.8 Å². The molecule has 1 aliphatic heterocycles. The van der Waals surface area contributed by atoms with Gasteiger partial charge in [-0.05, 0) is 31.7 Å². The van der Waals surface area contributed by atoms with Crippen LogP contribution in [0.2, 0.25) is 0 Å². The van der Waals surface area contributed by atoms with Gasteiger partial charge in [-0.2, -0.15) is 18.3 Å². The van der Waals surface area contributed by atoms with Crippen LogP contribution in [0, 0.1) is 0 Å². The van der Waals surface area contributed by atoms with Gasteiger partial charge in [0.1, 0.15) is 0 Å². The summed E-state index contributed by atoms with van der Waals surface area (Å²) in [5.41, 5.74) is -0.869. The number of hydrogen-bond donors (Lipinski definition) is 1. The van der Waals surface area contributed by atoms with Crippen LogP contribution < -0.4 is 5.32 Å². The van der Waals surface area contributed by atoms with Gasteiger partial charge in [0.25, 0.3) is 0 Å². The quantitative estimate of drug-likeness (QED) is 0.918. The Labute approximate surface area is 133 Å². The van der Waals surface area contributed by atoms with E-state index in [-0.39, 0.29) is 18.1 Å². The third-order valence-corrected chi connectivity index (χ3v) is 4.34. The number of alkyl halides is 3. The van der Waals surface area contributed by atoms with E-state index in [9.17, 15) is 18.0 Å². The number of rotatable bonds is 4. The number of aromatic nitrogens is 2. The normalized spacial score (nSPS) is 16.9. The Bertz CT molecular complexity index is 517. The zero-order valence-corrected chi connectivity index (χ0v) is 13.4. The highest BCUT2D eigenvalue weighted by Gasteiger charge is 2.34. The number of carbonyl (C=O) groups is 1. The number of likely N-dealkylation sites (tertiary alicyclic amines) is 1. The maximum Gasteiger partial charge on any atom is 0.435 e. The molecule has 1 aromatic rings. The van der Waals surface area contributed by atoms with E-state index in [1.54, 1.807) is 4.90 Å². The molecule has 0 aliphatic carbocycles. The highest BCUT2D eigenvalue weighted by atomic mass is 19.4. The van der Waals surface area contributed by atoms with Crippen molar-refractivity contribution < 1.29 is 18.0 Å². The molecule has 0 bridgehead atoms. The number of hydrogen-bond acceptors (Lipinski definition) is 2. The summed E-state index contributed by atoms with van der Waals surface area (Å²) in [5.74, 6) is 0. The molecule has 130 valence electrons. The third-order valence-electron chi connectivity index (χ3n) is 4.34. The summed E-state index contributed by atoms with van der Waals surface area (Å²) < 4.78 is 39.1. The van der Waals surface area contributed by atoms with Crippen molar-refractivity contribution in [3.8, 4) is 0 Å². The maximum absolute atomic E-state index is 12.6. The summed E-state index contributed by atoms with van der Waals surface area (Å²) >= 11 is 0. The lowest BCUT2D eigenvalue weighted by Gasteiger charge is -2.33. The second-order valence-electron chi connectivity index (χ2n) is 5.86. The maximum atomic E-state index is 12.6. The number of nitrogens with one attached hydrogen (secondary N) is 1. The number of carbonyl (C=O) groups excluding carboxylic acids is 1. The highest BCUT2D eigenvalue weighted by molar-refractivity contribution is 5.74. The number of piperidine rings is 1. The van der Waals surface area contributed by atoms with Crippen LogP contribution in [0.4, 0.5) is 18.0 Å². The second kappa shape index (κ2) is 7.23. The standard InChI is InChI=1S/C15H23F3N4O/c1-3-11(4-2)19-14(23)21-8-5-12(6-9-21)22-10-7-13(20-22)15(16,17)18/h7,10-12H,3-6,8-9H2,1-2H3,(H,19,23). The number of amides is 2. The molecule has 5 nitrogen and oxygen atoms in total. The predicted molar refractivity (Wildman–Crippen MR) is 80.0 cm³/mol. The van der Waals surface area contributed by atoms with Crippen LogP contribution in [0.25, 0.3) is 0 Å². The van der Waals surface area contributed by atoms with Crippen LogP contribution in [-0.4, -0.2) is 39.8 Å². The topological polar surface area (TPSA) is 50.2 Å². The van der Waals surface area contributed by atoms with Crippen molar-refractivity contribution in [2.75, 3.05) is 13.1 Å². The Kier molecular flexibility index (Phi) is 5.54. The molecule has 1 fully saturated rings. The van der Waals surface area contributed by atoms with Gasteiger partial charge in [0.2, 0.25) is 0 Å². The second-order valence-corrected chi connectivity index (χ2v) is 5.86. The summed E-state index contributed by atoms with van der Waals surface area (Å²) in [6.45, 7) is 5.10. The minimum absolute atomic E-state index is 0.0893. The summed E-state index contributed by atoms with van der Waals surface area (Å²) in [7, 11) is 0. The van der Waals surface area contributed by atoms with Crippen molar-refractivity contribution >= 4 is 6.03 Å². The van der Waals surface area contributed by atoms with Gasteiger partial charge in [0.15, 0.2) is 5.69 Å². The third kappa shape index (κ3) is 4.39. The van der Waals surface area contributed by atoms with E-state index in [1.165, 1.54) is 10.9 Å². The molecular weight excluding hydrogens is 309 g/mol. The van der Waals surface area contributed by atoms with Gasteiger partial charge in [0, 0.05) is 25.3 Å². The summed E-state index contributed by atoms with van der Waals surface area (Å²) in [6, 6.07) is 0.976. The molecule has 2 heterocycles. The van der Waals surface area contributed by atoms with Crippen LogP contribution in [-0.2, 0) is 6.18 Å². The summed E-state index contributed by atoms with van der Waals surface area (Å²) in [6.07, 6.45) is -0.0718. The molecule has 0 aromatic carbocycles. The molecule has 1 N–H and O–H groups in total. The fourth-order valence-electron chi connectivity index (χ4n) is 2.78. The Morgan fingerprint density at radius 3 is 2.43 bits per heavy atom. The molecule has 0 spiro atoms. The van der Waals surface area contributed by atoms with E-state index in [0.29, 0.717) is 25.9 Å². The highest BCUT2D eigenvalue weighted by Crippen LogP contribution is 2.29. The van der Waals surface area contributed by atoms with Crippen molar-refractivity contribution in [3.05, 3.63) is 18.0 Å². The molecule has 2 amide bonds. The van der Waals surface area contributed by atoms with E-state index in [1.807, 2.05) is 13.8 Å². The zero-order chi connectivity index (χ0) is 17.0. The summed E-state index contributed by atoms with van der Waals surface area (Å²) in [4.78, 5) is 13.9. The lowest BCUT2D eigenvalue weighted by Crippen LogP contribution is -2.47. The molecule has 2 rings (SSSR count). The van der Waals surface area contributed by atoms with Crippen molar-refractivity contribution in [3.63, 3.8) is 0 Å². The van der Waals surface area contributed by atoms with Crippen LogP contribution in [0.1, 0.15) is 51.3 Å². The first-order chi connectivity index (χ1) is 10.8. The van der Waals surface area contributed by atoms with Crippen LogP contribution in [0.3, 0.4) is 0 Å². The van der Waals surface area contributed by atoms with Gasteiger partial charge in [-0.25, -0.2) is 4.79 Å². The lowest BCUT2D eigenvalue weighted by atomic mass is 10.1. The monoisotopic (exact) mass is 332 g/mol. The van der Waals surface area contributed by atoms with E-state index < -0.39 is 11.9 Å². The Hall–Kier alpha value is -1.73. The molecule has 0 atom stereocenters. The van der Waals surface area contributed by atoms with Gasteiger partial charge in [-0.3, -0.25) is 4.68 Å². The van der Waals surface area contributed by atoms with E-state index in [4.69, 9.17) is 0 Å². The van der Waals surface area contributed by atoms with E-state index in [2.05, 4.69) is 10.4 Å². The largest absolute Gasteiger partial charge is 0.435 e. The lowest BCUT2D eigenvalue weighted by molar-refractivity contribution is -0.141. The molecule has 8 heteroatoms. The molecule has 0 saturated carbocycles. The number of halogens is 3. The first-order valence-corrected chi connectivity index (χ1v) is 8.03. The predicted octanol–water partition coefficient (Wildman–Crippen LogP) is 3.44. The van der Waals surface area contributed by atoms with Gasteiger partial charge in [-0.1, -0.05) is 13.8 Å². The summed E-state index contributed by atoms with van der Waals surface area (Å²) in [5, 5.41) is 6.60. The van der Waals surface area contributed by atoms with Gasteiger partial charge in [0.05, 0.1) is 6.04 Å². The first kappa shape index (κ1) is 17.6. The molecule has 0 unspecified atom stereocenters. The van der Waals surface area contributed by atoms with E-state index in [0.717, 1.165) is 18.9 Å². The van der Waals surface area contributed by atoms with Crippen molar-refractivity contribution in [1.82, 2.24) is 20.0 Å². The zero-order valence-electron chi connectivity index (χ0n) is 13.4. The minimum Gasteiger partial charge on any atom is -0.335 e. The average molecular weight is 332 g/mol. The fraction of sp³-hybridized carbons (Fsp3) is 0.733. The van der Waals surface area contributed by atoms with Crippen molar-refractivity contribution in [1.29, 1.82) is 0 Å².